The van der Waals surface area contributed by atoms with Crippen molar-refractivity contribution >= 4 is 17.7 Å². The summed E-state index contributed by atoms with van der Waals surface area (Å²) in [6, 6.07) is 25.4. The number of anilines is 1. The normalized spacial score (nSPS) is 17.3. The van der Waals surface area contributed by atoms with Gasteiger partial charge in [-0.1, -0.05) is 54.6 Å². The van der Waals surface area contributed by atoms with E-state index in [-0.39, 0.29) is 18.7 Å². The number of nitriles is 1. The summed E-state index contributed by atoms with van der Waals surface area (Å²) in [4.78, 5) is 33.1. The fourth-order valence-electron chi connectivity index (χ4n) is 6.77. The van der Waals surface area contributed by atoms with E-state index in [1.807, 2.05) is 30.3 Å². The van der Waals surface area contributed by atoms with Crippen LogP contribution in [0.5, 0.6) is 5.75 Å². The number of carbonyl (C=O) groups is 2. The molecule has 1 atom stereocenters. The minimum absolute atomic E-state index is 0.171. The summed E-state index contributed by atoms with van der Waals surface area (Å²) in [5, 5.41) is 12.5. The number of halogens is 2. The van der Waals surface area contributed by atoms with Gasteiger partial charge in [0.25, 0.3) is 0 Å². The lowest BCUT2D eigenvalue weighted by molar-refractivity contribution is 0.158. The van der Waals surface area contributed by atoms with Gasteiger partial charge in [-0.3, -0.25) is 4.90 Å². The molecule has 3 N–H and O–H groups in total. The van der Waals surface area contributed by atoms with Gasteiger partial charge in [-0.15, -0.1) is 0 Å². The monoisotopic (exact) mass is 664 g/mol. The molecule has 2 aliphatic rings. The highest BCUT2D eigenvalue weighted by atomic mass is 19.2. The Labute approximate surface area is 284 Å². The first kappa shape index (κ1) is 33.6. The highest BCUT2D eigenvalue weighted by Crippen LogP contribution is 2.42. The second kappa shape index (κ2) is 14.4. The Balaban J connectivity index is 1.17. The van der Waals surface area contributed by atoms with Gasteiger partial charge in [-0.05, 0) is 78.9 Å². The van der Waals surface area contributed by atoms with Gasteiger partial charge in [-0.2, -0.15) is 5.26 Å². The number of likely N-dealkylation sites (tertiary alicyclic amines) is 1. The molecule has 0 aliphatic carbocycles. The van der Waals surface area contributed by atoms with Crippen molar-refractivity contribution in [2.24, 2.45) is 5.73 Å². The van der Waals surface area contributed by atoms with Crippen LogP contribution >= 0.6 is 0 Å². The first-order valence-electron chi connectivity index (χ1n) is 16.3. The minimum Gasteiger partial charge on any atom is -0.497 e. The number of amides is 4. The molecule has 0 saturated carbocycles. The topological polar surface area (TPSA) is 115 Å². The number of fused-ring (bicyclic) bond motifs is 1. The third-order valence-electron chi connectivity index (χ3n) is 9.45. The standard InChI is InChI=1S/C38H38F2N6O3/c1-49-29-14-11-26(12-15-29)25-45-34-10-5-3-8-30(34)35(27-13-16-32(39)33(40)23-27)46(37(45)48)36(47)43-19-6-20-44-21-17-38(42,18-22-44)31-9-4-2-7-28(31)24-41/h2-5,7-16,23,35H,6,17-22,25,42H2,1H3,(H,43,47). The highest BCUT2D eigenvalue weighted by Gasteiger charge is 2.42. The van der Waals surface area contributed by atoms with Gasteiger partial charge < -0.3 is 20.7 Å². The van der Waals surface area contributed by atoms with Crippen LogP contribution in [0.3, 0.4) is 0 Å². The van der Waals surface area contributed by atoms with Gasteiger partial charge >= 0.3 is 12.1 Å². The Bertz CT molecular complexity index is 1870. The van der Waals surface area contributed by atoms with Crippen LogP contribution in [0.4, 0.5) is 24.1 Å². The molecule has 49 heavy (non-hydrogen) atoms. The molecule has 1 saturated heterocycles. The molecular weight excluding hydrogens is 626 g/mol. The Morgan fingerprint density at radius 2 is 1.71 bits per heavy atom. The Morgan fingerprint density at radius 1 is 1.00 bits per heavy atom. The average molecular weight is 665 g/mol. The van der Waals surface area contributed by atoms with Gasteiger partial charge in [-0.25, -0.2) is 23.3 Å². The van der Waals surface area contributed by atoms with E-state index in [0.29, 0.717) is 48.4 Å². The number of carbonyl (C=O) groups excluding carboxylic acids is 2. The summed E-state index contributed by atoms with van der Waals surface area (Å²) in [6.45, 7) is 2.64. The lowest BCUT2D eigenvalue weighted by atomic mass is 9.80. The van der Waals surface area contributed by atoms with Gasteiger partial charge in [0.1, 0.15) is 5.75 Å². The molecule has 2 heterocycles. The lowest BCUT2D eigenvalue weighted by Gasteiger charge is -2.42. The van der Waals surface area contributed by atoms with Crippen LogP contribution in [-0.2, 0) is 12.1 Å². The van der Waals surface area contributed by atoms with Crippen molar-refractivity contribution in [3.8, 4) is 11.8 Å². The van der Waals surface area contributed by atoms with Crippen LogP contribution in [-0.4, -0.2) is 55.2 Å². The number of piperidine rings is 1. The quantitative estimate of drug-likeness (QED) is 0.200. The smallest absolute Gasteiger partial charge is 0.333 e. The van der Waals surface area contributed by atoms with Gasteiger partial charge in [0, 0.05) is 30.7 Å². The molecule has 0 spiro atoms. The predicted octanol–water partition coefficient (Wildman–Crippen LogP) is 6.43. The number of nitrogens with two attached hydrogens (primary N) is 1. The van der Waals surface area contributed by atoms with E-state index in [2.05, 4.69) is 16.3 Å². The molecule has 4 aromatic rings. The van der Waals surface area contributed by atoms with Crippen molar-refractivity contribution in [3.05, 3.63) is 130 Å². The van der Waals surface area contributed by atoms with Gasteiger partial charge in [0.05, 0.1) is 37.0 Å². The summed E-state index contributed by atoms with van der Waals surface area (Å²) < 4.78 is 33.8. The number of imide groups is 1. The van der Waals surface area contributed by atoms with E-state index in [0.717, 1.165) is 41.2 Å². The van der Waals surface area contributed by atoms with E-state index >= 15 is 0 Å². The fraction of sp³-hybridized carbons (Fsp3) is 0.289. The van der Waals surface area contributed by atoms with Crippen molar-refractivity contribution in [3.63, 3.8) is 0 Å². The van der Waals surface area contributed by atoms with Crippen LogP contribution < -0.4 is 20.7 Å². The summed E-state index contributed by atoms with van der Waals surface area (Å²) >= 11 is 0. The number of nitrogens with zero attached hydrogens (tertiary/aromatic N) is 4. The summed E-state index contributed by atoms with van der Waals surface area (Å²) in [6.07, 6.45) is 2.00. The van der Waals surface area contributed by atoms with E-state index in [1.54, 1.807) is 49.6 Å². The fourth-order valence-corrected chi connectivity index (χ4v) is 6.77. The summed E-state index contributed by atoms with van der Waals surface area (Å²) in [7, 11) is 1.57. The van der Waals surface area contributed by atoms with Crippen LogP contribution in [0.2, 0.25) is 0 Å². The van der Waals surface area contributed by atoms with E-state index in [9.17, 15) is 23.6 Å². The average Bonchev–Trinajstić information content (AvgIpc) is 3.13. The molecular formula is C38H38F2N6O3. The molecule has 9 nitrogen and oxygen atoms in total. The van der Waals surface area contributed by atoms with Crippen LogP contribution in [0.1, 0.15) is 53.1 Å². The zero-order valence-corrected chi connectivity index (χ0v) is 27.2. The number of hydrogen-bond acceptors (Lipinski definition) is 6. The Kier molecular flexibility index (Phi) is 9.90. The second-order valence-corrected chi connectivity index (χ2v) is 12.5. The third-order valence-corrected chi connectivity index (χ3v) is 9.45. The number of benzene rings is 4. The zero-order valence-electron chi connectivity index (χ0n) is 27.2. The predicted molar refractivity (Wildman–Crippen MR) is 182 cm³/mol. The molecule has 0 radical (unpaired) electrons. The maximum atomic E-state index is 14.5. The molecule has 0 aromatic heterocycles. The number of rotatable bonds is 9. The summed E-state index contributed by atoms with van der Waals surface area (Å²) in [5.41, 5.74) is 9.92. The third kappa shape index (κ3) is 6.97. The Morgan fingerprint density at radius 3 is 2.43 bits per heavy atom. The van der Waals surface area contributed by atoms with E-state index in [4.69, 9.17) is 10.5 Å². The maximum Gasteiger partial charge on any atom is 0.333 e. The van der Waals surface area contributed by atoms with Crippen molar-refractivity contribution in [2.75, 3.05) is 38.2 Å². The number of nitrogens with one attached hydrogen (secondary N) is 1. The molecule has 0 bridgehead atoms. The van der Waals surface area contributed by atoms with Crippen molar-refractivity contribution in [2.45, 2.75) is 37.4 Å². The zero-order chi connectivity index (χ0) is 34.5. The lowest BCUT2D eigenvalue weighted by Crippen LogP contribution is -2.55. The number of hydrogen-bond donors (Lipinski definition) is 2. The SMILES string of the molecule is COc1ccc(CN2C(=O)N(C(=O)NCCCN3CCC(N)(c4ccccc4C#N)CC3)C(c3ccc(F)c(F)c3)c3ccccc32)cc1. The number of ether oxygens (including phenoxy) is 1. The van der Waals surface area contributed by atoms with Gasteiger partial charge in [0.2, 0.25) is 0 Å². The first-order chi connectivity index (χ1) is 23.7. The molecule has 4 aromatic carbocycles. The van der Waals surface area contributed by atoms with Crippen LogP contribution in [0, 0.1) is 23.0 Å². The maximum absolute atomic E-state index is 14.5. The Hall–Kier alpha value is -5.31. The van der Waals surface area contributed by atoms with Crippen LogP contribution in [0.15, 0.2) is 91.0 Å². The largest absolute Gasteiger partial charge is 0.497 e. The van der Waals surface area contributed by atoms with Crippen LogP contribution in [0.25, 0.3) is 0 Å². The van der Waals surface area contributed by atoms with Crippen molar-refractivity contribution < 1.29 is 23.1 Å². The van der Waals surface area contributed by atoms with E-state index < -0.39 is 35.3 Å². The number of methoxy groups -OCH3 is 1. The minimum atomic E-state index is -1.07. The molecule has 1 unspecified atom stereocenters. The second-order valence-electron chi connectivity index (χ2n) is 12.5. The van der Waals surface area contributed by atoms with Crippen molar-refractivity contribution in [1.29, 1.82) is 5.26 Å². The molecule has 252 valence electrons. The molecule has 1 fully saturated rings. The molecule has 2 aliphatic heterocycles. The molecule has 11 heteroatoms. The highest BCUT2D eigenvalue weighted by molar-refractivity contribution is 6.05. The molecule has 4 amide bonds. The number of para-hydroxylation sites is 1. The van der Waals surface area contributed by atoms with Crippen molar-refractivity contribution in [1.82, 2.24) is 15.1 Å². The van der Waals surface area contributed by atoms with Gasteiger partial charge in [0.15, 0.2) is 11.6 Å². The first-order valence-corrected chi connectivity index (χ1v) is 16.3. The summed E-state index contributed by atoms with van der Waals surface area (Å²) in [5.74, 6) is -1.41. The van der Waals surface area contributed by atoms with E-state index in [1.165, 1.54) is 11.0 Å². The number of urea groups is 2. The molecule has 6 rings (SSSR count).